The van der Waals surface area contributed by atoms with Crippen LogP contribution in [0.5, 0.6) is 0 Å². The minimum atomic E-state index is 0.135. The largest absolute Gasteiger partial charge is 0.295 e. The summed E-state index contributed by atoms with van der Waals surface area (Å²) in [5.74, 6) is 0.671. The summed E-state index contributed by atoms with van der Waals surface area (Å²) in [6.07, 6.45) is 4.68. The van der Waals surface area contributed by atoms with Gasteiger partial charge in [-0.05, 0) is 18.9 Å². The lowest BCUT2D eigenvalue weighted by Gasteiger charge is -1.96. The lowest BCUT2D eigenvalue weighted by Crippen LogP contribution is -1.87. The molecule has 0 N–H and O–H groups in total. The van der Waals surface area contributed by atoms with Crippen molar-refractivity contribution in [3.63, 3.8) is 0 Å². The summed E-state index contributed by atoms with van der Waals surface area (Å²) in [6, 6.07) is 0. The van der Waals surface area contributed by atoms with E-state index in [9.17, 15) is 4.79 Å². The molecule has 0 aromatic heterocycles. The van der Waals surface area contributed by atoms with Crippen LogP contribution in [-0.4, -0.2) is 5.78 Å². The van der Waals surface area contributed by atoms with Crippen LogP contribution in [0.2, 0.25) is 0 Å². The van der Waals surface area contributed by atoms with E-state index in [0.717, 1.165) is 6.42 Å². The highest BCUT2D eigenvalue weighted by Gasteiger charge is 1.90. The number of hydrogen-bond acceptors (Lipinski definition) is 1. The first kappa shape index (κ1) is 8.41. The maximum atomic E-state index is 10.4. The molecule has 0 aromatic rings. The van der Waals surface area contributed by atoms with Gasteiger partial charge in [0.15, 0.2) is 5.78 Å². The van der Waals surface area contributed by atoms with Gasteiger partial charge in [0, 0.05) is 0 Å². The Bertz CT molecular complexity index is 114. The number of carbonyl (C=O) groups excluding carboxylic acids is 1. The summed E-state index contributed by atoms with van der Waals surface area (Å²) < 4.78 is 0. The lowest BCUT2D eigenvalue weighted by molar-refractivity contribution is -0.112. The quantitative estimate of drug-likeness (QED) is 0.530. The molecule has 1 unspecified atom stereocenters. The van der Waals surface area contributed by atoms with Crippen molar-refractivity contribution in [1.82, 2.24) is 0 Å². The molecule has 0 aliphatic rings. The summed E-state index contributed by atoms with van der Waals surface area (Å²) >= 11 is 0. The SMILES string of the molecule is CCC(C)C=CC(C)=O. The molecule has 0 aliphatic carbocycles. The van der Waals surface area contributed by atoms with Crippen LogP contribution < -0.4 is 0 Å². The fourth-order valence-corrected chi connectivity index (χ4v) is 0.436. The predicted octanol–water partition coefficient (Wildman–Crippen LogP) is 2.18. The Hall–Kier alpha value is -0.590. The Morgan fingerprint density at radius 1 is 1.67 bits per heavy atom. The Morgan fingerprint density at radius 2 is 2.22 bits per heavy atom. The van der Waals surface area contributed by atoms with Crippen LogP contribution in [-0.2, 0) is 4.79 Å². The van der Waals surface area contributed by atoms with Gasteiger partial charge in [-0.25, -0.2) is 0 Å². The molecule has 52 valence electrons. The van der Waals surface area contributed by atoms with E-state index in [-0.39, 0.29) is 5.78 Å². The summed E-state index contributed by atoms with van der Waals surface area (Å²) in [5.41, 5.74) is 0. The van der Waals surface area contributed by atoms with E-state index >= 15 is 0 Å². The fraction of sp³-hybridized carbons (Fsp3) is 0.625. The van der Waals surface area contributed by atoms with E-state index in [0.29, 0.717) is 5.92 Å². The Kier molecular flexibility index (Phi) is 4.02. The van der Waals surface area contributed by atoms with Gasteiger partial charge in [0.25, 0.3) is 0 Å². The second-order valence-corrected chi connectivity index (χ2v) is 2.36. The van der Waals surface area contributed by atoms with Gasteiger partial charge < -0.3 is 0 Å². The highest BCUT2D eigenvalue weighted by Crippen LogP contribution is 2.00. The zero-order valence-electron chi connectivity index (χ0n) is 6.35. The molecule has 0 spiro atoms. The van der Waals surface area contributed by atoms with Crippen molar-refractivity contribution in [3.8, 4) is 0 Å². The molecule has 1 atom stereocenters. The van der Waals surface area contributed by atoms with E-state index in [1.165, 1.54) is 0 Å². The standard InChI is InChI=1S/C8H14O/c1-4-7(2)5-6-8(3)9/h5-7H,4H2,1-3H3. The summed E-state index contributed by atoms with van der Waals surface area (Å²) in [6.45, 7) is 5.77. The number of carbonyl (C=O) groups is 1. The summed E-state index contributed by atoms with van der Waals surface area (Å²) in [7, 11) is 0. The van der Waals surface area contributed by atoms with Gasteiger partial charge in [0.2, 0.25) is 0 Å². The maximum Gasteiger partial charge on any atom is 0.152 e. The number of ketones is 1. The van der Waals surface area contributed by atoms with Crippen molar-refractivity contribution < 1.29 is 4.79 Å². The monoisotopic (exact) mass is 126 g/mol. The zero-order valence-corrected chi connectivity index (χ0v) is 6.35. The minimum Gasteiger partial charge on any atom is -0.295 e. The highest BCUT2D eigenvalue weighted by atomic mass is 16.1. The molecule has 0 aliphatic heterocycles. The lowest BCUT2D eigenvalue weighted by atomic mass is 10.1. The number of hydrogen-bond donors (Lipinski definition) is 0. The average molecular weight is 126 g/mol. The molecule has 0 heterocycles. The number of allylic oxidation sites excluding steroid dienone is 2. The third-order valence-corrected chi connectivity index (χ3v) is 1.30. The Balaban J connectivity index is 3.56. The van der Waals surface area contributed by atoms with E-state index in [1.54, 1.807) is 13.0 Å². The minimum absolute atomic E-state index is 0.135. The zero-order chi connectivity index (χ0) is 7.28. The molecule has 0 radical (unpaired) electrons. The van der Waals surface area contributed by atoms with Crippen LogP contribution >= 0.6 is 0 Å². The van der Waals surface area contributed by atoms with Crippen molar-refractivity contribution in [2.75, 3.05) is 0 Å². The van der Waals surface area contributed by atoms with Crippen LogP contribution in [0.25, 0.3) is 0 Å². The van der Waals surface area contributed by atoms with E-state index < -0.39 is 0 Å². The predicted molar refractivity (Wildman–Crippen MR) is 39.3 cm³/mol. The molecular formula is C8H14O. The van der Waals surface area contributed by atoms with E-state index in [2.05, 4.69) is 13.8 Å². The fourth-order valence-electron chi connectivity index (χ4n) is 0.436. The molecule has 0 aromatic carbocycles. The van der Waals surface area contributed by atoms with Crippen molar-refractivity contribution in [3.05, 3.63) is 12.2 Å². The van der Waals surface area contributed by atoms with Crippen molar-refractivity contribution in [1.29, 1.82) is 0 Å². The number of rotatable bonds is 3. The third-order valence-electron chi connectivity index (χ3n) is 1.30. The van der Waals surface area contributed by atoms with Crippen LogP contribution in [0.1, 0.15) is 27.2 Å². The normalized spacial score (nSPS) is 14.1. The van der Waals surface area contributed by atoms with Gasteiger partial charge in [-0.2, -0.15) is 0 Å². The molecule has 0 fully saturated rings. The third kappa shape index (κ3) is 5.28. The molecule has 0 saturated carbocycles. The first-order chi connectivity index (χ1) is 4.16. The maximum absolute atomic E-state index is 10.4. The van der Waals surface area contributed by atoms with Gasteiger partial charge in [-0.3, -0.25) is 4.79 Å². The molecule has 9 heavy (non-hydrogen) atoms. The van der Waals surface area contributed by atoms with Gasteiger partial charge >= 0.3 is 0 Å². The van der Waals surface area contributed by atoms with E-state index in [1.807, 2.05) is 6.08 Å². The second-order valence-electron chi connectivity index (χ2n) is 2.36. The molecule has 1 heteroatoms. The van der Waals surface area contributed by atoms with Crippen LogP contribution in [0, 0.1) is 5.92 Å². The van der Waals surface area contributed by atoms with Crippen molar-refractivity contribution in [2.24, 2.45) is 5.92 Å². The van der Waals surface area contributed by atoms with Crippen LogP contribution in [0.15, 0.2) is 12.2 Å². The molecule has 0 rings (SSSR count). The second kappa shape index (κ2) is 4.30. The van der Waals surface area contributed by atoms with Crippen molar-refractivity contribution in [2.45, 2.75) is 27.2 Å². The summed E-state index contributed by atoms with van der Waals surface area (Å²) in [5, 5.41) is 0. The molecule has 0 saturated heterocycles. The average Bonchev–Trinajstić information content (AvgIpc) is 1.83. The van der Waals surface area contributed by atoms with Crippen molar-refractivity contribution >= 4 is 5.78 Å². The molecule has 1 nitrogen and oxygen atoms in total. The summed E-state index contributed by atoms with van der Waals surface area (Å²) in [4.78, 5) is 10.4. The van der Waals surface area contributed by atoms with Gasteiger partial charge in [0.05, 0.1) is 0 Å². The Labute approximate surface area is 56.8 Å². The van der Waals surface area contributed by atoms with Gasteiger partial charge in [0.1, 0.15) is 0 Å². The first-order valence-electron chi connectivity index (χ1n) is 3.35. The Morgan fingerprint density at radius 3 is 2.56 bits per heavy atom. The van der Waals surface area contributed by atoms with E-state index in [4.69, 9.17) is 0 Å². The van der Waals surface area contributed by atoms with Crippen LogP contribution in [0.3, 0.4) is 0 Å². The highest BCUT2D eigenvalue weighted by molar-refractivity contribution is 5.87. The smallest absolute Gasteiger partial charge is 0.152 e. The topological polar surface area (TPSA) is 17.1 Å². The molecule has 0 bridgehead atoms. The molecule has 0 amide bonds. The molecular weight excluding hydrogens is 112 g/mol. The van der Waals surface area contributed by atoms with Gasteiger partial charge in [-0.15, -0.1) is 0 Å². The van der Waals surface area contributed by atoms with Crippen LogP contribution in [0.4, 0.5) is 0 Å². The first-order valence-corrected chi connectivity index (χ1v) is 3.35. The van der Waals surface area contributed by atoms with Gasteiger partial charge in [-0.1, -0.05) is 26.3 Å².